The number of benzene rings is 3. The number of nitrogens with zero attached hydrogens (tertiary/aromatic N) is 2. The number of methoxy groups -OCH3 is 1. The summed E-state index contributed by atoms with van der Waals surface area (Å²) < 4.78 is 41.8. The molecule has 1 heterocycles. The molecule has 0 saturated heterocycles. The Morgan fingerprint density at radius 1 is 1.03 bits per heavy atom. The van der Waals surface area contributed by atoms with Gasteiger partial charge in [-0.1, -0.05) is 46.9 Å². The zero-order valence-electron chi connectivity index (χ0n) is 18.9. The van der Waals surface area contributed by atoms with Gasteiger partial charge in [0.05, 0.1) is 40.1 Å². The molecule has 0 saturated carbocycles. The van der Waals surface area contributed by atoms with E-state index in [2.05, 4.69) is 18.8 Å². The molecule has 192 valence electrons. The summed E-state index contributed by atoms with van der Waals surface area (Å²) in [4.78, 5) is 25.6. The molecule has 0 aliphatic rings. The van der Waals surface area contributed by atoms with Crippen LogP contribution >= 0.6 is 46.5 Å². The van der Waals surface area contributed by atoms with Crippen LogP contribution < -0.4 is 10.0 Å². The second-order valence-corrected chi connectivity index (χ2v) is 11.1. The summed E-state index contributed by atoms with van der Waals surface area (Å²) in [5.74, 6) is -1.45. The molecule has 0 aliphatic heterocycles. The normalized spacial score (nSPS) is 12.2. The Morgan fingerprint density at radius 2 is 1.81 bits per heavy atom. The van der Waals surface area contributed by atoms with E-state index in [9.17, 15) is 18.0 Å². The van der Waals surface area contributed by atoms with Crippen LogP contribution in [0.2, 0.25) is 15.1 Å². The first-order valence-electron chi connectivity index (χ1n) is 10.5. The van der Waals surface area contributed by atoms with Crippen LogP contribution in [0.5, 0.6) is 0 Å². The summed E-state index contributed by atoms with van der Waals surface area (Å²) in [6.07, 6.45) is 0.0444. The van der Waals surface area contributed by atoms with E-state index in [0.29, 0.717) is 16.1 Å². The Balaban J connectivity index is 1.63. The molecule has 4 aromatic rings. The molecular weight excluding hydrogens is 583 g/mol. The molecule has 4 rings (SSSR count). The first-order chi connectivity index (χ1) is 17.6. The monoisotopic (exact) mass is 598 g/mol. The first kappa shape index (κ1) is 27.1. The van der Waals surface area contributed by atoms with Crippen molar-refractivity contribution in [1.82, 2.24) is 14.1 Å². The Labute approximate surface area is 231 Å². The quantitative estimate of drug-likeness (QED) is 0.274. The minimum Gasteiger partial charge on any atom is -0.467 e. The number of nitrogens with one attached hydrogen (secondary N) is 2. The van der Waals surface area contributed by atoms with Crippen molar-refractivity contribution in [2.24, 2.45) is 0 Å². The van der Waals surface area contributed by atoms with Gasteiger partial charge in [0, 0.05) is 11.4 Å². The predicted octanol–water partition coefficient (Wildman–Crippen LogP) is 4.97. The van der Waals surface area contributed by atoms with Gasteiger partial charge in [-0.25, -0.2) is 13.2 Å². The number of ether oxygens (including phenoxy) is 1. The molecule has 9 nitrogen and oxygen atoms in total. The number of carbonyl (C=O) groups excluding carboxylic acids is 2. The fourth-order valence-corrected chi connectivity index (χ4v) is 5.80. The van der Waals surface area contributed by atoms with Gasteiger partial charge in [-0.2, -0.15) is 8.75 Å². The van der Waals surface area contributed by atoms with Gasteiger partial charge in [-0.05, 0) is 48.0 Å². The SMILES string of the molecule is COC(=O)[C@H](Cc1ccc(Cl)c(Cl)c1)NC(=O)c1ccc(Cl)cc1NS(=O)(=O)c1cccc2nsnc12. The molecule has 0 aliphatic carbocycles. The Morgan fingerprint density at radius 3 is 2.54 bits per heavy atom. The zero-order chi connectivity index (χ0) is 26.7. The standard InChI is InChI=1S/C23H17Cl3N4O5S2/c1-35-23(32)19(10-12-5-8-15(25)16(26)9-12)27-22(31)14-7-6-13(24)11-18(14)30-37(33,34)20-4-2-3-17-21(20)29-36-28-17/h2-9,11,19,30H,10H2,1H3,(H,27,31)/t19-/m0/s1. The number of rotatable bonds is 8. The van der Waals surface area contributed by atoms with E-state index in [1.54, 1.807) is 24.3 Å². The lowest BCUT2D eigenvalue weighted by Gasteiger charge is -2.19. The van der Waals surface area contributed by atoms with E-state index in [0.717, 1.165) is 11.7 Å². The number of aromatic nitrogens is 2. The number of hydrogen-bond donors (Lipinski definition) is 2. The third-order valence-electron chi connectivity index (χ3n) is 5.22. The number of amides is 1. The molecule has 3 aromatic carbocycles. The summed E-state index contributed by atoms with van der Waals surface area (Å²) >= 11 is 19.0. The van der Waals surface area contributed by atoms with Gasteiger partial charge in [0.15, 0.2) is 0 Å². The number of halogens is 3. The molecule has 2 N–H and O–H groups in total. The van der Waals surface area contributed by atoms with Gasteiger partial charge in [0.1, 0.15) is 22.0 Å². The van der Waals surface area contributed by atoms with E-state index in [1.807, 2.05) is 0 Å². The second kappa shape index (κ2) is 11.2. The highest BCUT2D eigenvalue weighted by Gasteiger charge is 2.26. The van der Waals surface area contributed by atoms with Crippen molar-refractivity contribution in [1.29, 1.82) is 0 Å². The van der Waals surface area contributed by atoms with Gasteiger partial charge in [0.25, 0.3) is 15.9 Å². The molecule has 37 heavy (non-hydrogen) atoms. The zero-order valence-corrected chi connectivity index (χ0v) is 22.8. The second-order valence-electron chi connectivity index (χ2n) is 7.69. The van der Waals surface area contributed by atoms with E-state index in [4.69, 9.17) is 39.5 Å². The maximum absolute atomic E-state index is 13.2. The average molecular weight is 600 g/mol. The minimum atomic E-state index is -4.19. The Hall–Kier alpha value is -2.96. The highest BCUT2D eigenvalue weighted by molar-refractivity contribution is 7.93. The predicted molar refractivity (Wildman–Crippen MR) is 143 cm³/mol. The lowest BCUT2D eigenvalue weighted by Crippen LogP contribution is -2.43. The van der Waals surface area contributed by atoms with Crippen molar-refractivity contribution in [3.8, 4) is 0 Å². The smallest absolute Gasteiger partial charge is 0.328 e. The highest BCUT2D eigenvalue weighted by atomic mass is 35.5. The van der Waals surface area contributed by atoms with Crippen LogP contribution in [0.15, 0.2) is 59.5 Å². The van der Waals surface area contributed by atoms with Crippen LogP contribution in [0.4, 0.5) is 5.69 Å². The van der Waals surface area contributed by atoms with E-state index >= 15 is 0 Å². The summed E-state index contributed by atoms with van der Waals surface area (Å²) in [5, 5.41) is 3.40. The lowest BCUT2D eigenvalue weighted by atomic mass is 10.0. The fraction of sp³-hybridized carbons (Fsp3) is 0.130. The number of sulfonamides is 1. The number of carbonyl (C=O) groups is 2. The van der Waals surface area contributed by atoms with Crippen LogP contribution in [-0.2, 0) is 26.0 Å². The Bertz CT molecular complexity index is 1610. The maximum Gasteiger partial charge on any atom is 0.328 e. The van der Waals surface area contributed by atoms with Crippen LogP contribution in [0.3, 0.4) is 0 Å². The summed E-state index contributed by atoms with van der Waals surface area (Å²) in [6.45, 7) is 0. The topological polar surface area (TPSA) is 127 Å². The molecule has 0 spiro atoms. The fourth-order valence-electron chi connectivity index (χ4n) is 3.47. The summed E-state index contributed by atoms with van der Waals surface area (Å²) in [7, 11) is -3.01. The van der Waals surface area contributed by atoms with Crippen molar-refractivity contribution in [3.63, 3.8) is 0 Å². The lowest BCUT2D eigenvalue weighted by molar-refractivity contribution is -0.142. The largest absolute Gasteiger partial charge is 0.467 e. The molecule has 1 atom stereocenters. The highest BCUT2D eigenvalue weighted by Crippen LogP contribution is 2.28. The van der Waals surface area contributed by atoms with E-state index in [1.165, 1.54) is 37.4 Å². The molecule has 0 bridgehead atoms. The third-order valence-corrected chi connectivity index (χ3v) is 8.14. The van der Waals surface area contributed by atoms with Crippen LogP contribution in [0.25, 0.3) is 11.0 Å². The molecule has 1 amide bonds. The van der Waals surface area contributed by atoms with Crippen molar-refractivity contribution >= 4 is 85.2 Å². The van der Waals surface area contributed by atoms with Gasteiger partial charge in [-0.15, -0.1) is 0 Å². The molecule has 0 unspecified atom stereocenters. The van der Waals surface area contributed by atoms with Gasteiger partial charge in [-0.3, -0.25) is 9.52 Å². The number of esters is 1. The van der Waals surface area contributed by atoms with E-state index < -0.39 is 27.9 Å². The molecule has 14 heteroatoms. The number of hydrogen-bond acceptors (Lipinski definition) is 8. The van der Waals surface area contributed by atoms with Crippen LogP contribution in [0.1, 0.15) is 15.9 Å². The van der Waals surface area contributed by atoms with Gasteiger partial charge >= 0.3 is 5.97 Å². The molecule has 1 aromatic heterocycles. The molecular formula is C23H17Cl3N4O5S2. The third kappa shape index (κ3) is 6.13. The molecule has 0 radical (unpaired) electrons. The minimum absolute atomic E-state index is 0.0444. The van der Waals surface area contributed by atoms with Crippen molar-refractivity contribution in [2.45, 2.75) is 17.4 Å². The maximum atomic E-state index is 13.2. The van der Waals surface area contributed by atoms with Crippen LogP contribution in [0, 0.1) is 0 Å². The number of fused-ring (bicyclic) bond motifs is 1. The Kier molecular flexibility index (Phi) is 8.20. The molecule has 0 fully saturated rings. The first-order valence-corrected chi connectivity index (χ1v) is 13.8. The van der Waals surface area contributed by atoms with Gasteiger partial charge < -0.3 is 10.1 Å². The van der Waals surface area contributed by atoms with Gasteiger partial charge in [0.2, 0.25) is 0 Å². The van der Waals surface area contributed by atoms with Crippen molar-refractivity contribution in [2.75, 3.05) is 11.8 Å². The van der Waals surface area contributed by atoms with Crippen molar-refractivity contribution < 1.29 is 22.7 Å². The van der Waals surface area contributed by atoms with Crippen molar-refractivity contribution in [3.05, 3.63) is 80.8 Å². The summed E-state index contributed by atoms with van der Waals surface area (Å²) in [5.41, 5.74) is 1.07. The van der Waals surface area contributed by atoms with E-state index in [-0.39, 0.29) is 38.1 Å². The summed E-state index contributed by atoms with van der Waals surface area (Å²) in [6, 6.07) is 12.3. The average Bonchev–Trinajstić information content (AvgIpc) is 3.34. The van der Waals surface area contributed by atoms with Crippen LogP contribution in [-0.4, -0.2) is 42.2 Å². The number of anilines is 1.